The van der Waals surface area contributed by atoms with Crippen molar-refractivity contribution in [2.24, 2.45) is 23.2 Å². The largest absolute Gasteiger partial charge is 0.393 e. The van der Waals surface area contributed by atoms with Gasteiger partial charge in [-0.3, -0.25) is 19.1 Å². The van der Waals surface area contributed by atoms with E-state index >= 15 is 0 Å². The van der Waals surface area contributed by atoms with Crippen molar-refractivity contribution in [2.45, 2.75) is 69.1 Å². The van der Waals surface area contributed by atoms with Crippen molar-refractivity contribution >= 4 is 27.6 Å². The van der Waals surface area contributed by atoms with Crippen LogP contribution in [-0.2, 0) is 24.4 Å². The minimum absolute atomic E-state index is 0.0983. The summed E-state index contributed by atoms with van der Waals surface area (Å²) in [6.07, 6.45) is 7.63. The van der Waals surface area contributed by atoms with E-state index in [1.807, 2.05) is 12.2 Å². The molecule has 0 saturated heterocycles. The summed E-state index contributed by atoms with van der Waals surface area (Å²) in [5.41, 5.74) is -1.08. The van der Waals surface area contributed by atoms with Crippen molar-refractivity contribution < 1.29 is 27.9 Å². The van der Waals surface area contributed by atoms with Crippen LogP contribution >= 0.6 is 0 Å². The highest BCUT2D eigenvalue weighted by Crippen LogP contribution is 2.57. The van der Waals surface area contributed by atoms with Crippen molar-refractivity contribution in [1.82, 2.24) is 9.62 Å². The van der Waals surface area contributed by atoms with Crippen LogP contribution in [0, 0.1) is 23.2 Å². The highest BCUT2D eigenvalue weighted by Gasteiger charge is 2.61. The van der Waals surface area contributed by atoms with Crippen molar-refractivity contribution in [3.05, 3.63) is 12.2 Å². The number of nitrogens with one attached hydrogen (secondary N) is 1. The molecule has 0 unspecified atom stereocenters. The fourth-order valence-corrected chi connectivity index (χ4v) is 6.55. The summed E-state index contributed by atoms with van der Waals surface area (Å²) in [6.45, 7) is 0.606. The molecule has 8 nitrogen and oxygen atoms in total. The first-order chi connectivity index (χ1) is 14.6. The molecule has 31 heavy (non-hydrogen) atoms. The van der Waals surface area contributed by atoms with Gasteiger partial charge in [-0.15, -0.1) is 0 Å². The van der Waals surface area contributed by atoms with Gasteiger partial charge in [0.25, 0.3) is 0 Å². The standard InChI is InChI=1S/C22H32N2O6S/c1-24-9-5-3-2-4-6-14-12-22(14,21(28)23-31(29,30)16-7-8-16)13-19(26)17-10-15(25)11-18(17)20(24)27/h4,6,14-18,25H,2-3,5,7-13H2,1H3,(H,23,28)/b6-4-/t14-,15+,17-,18-,22-/m1/s1. The SMILES string of the molecule is CN1CCCC/C=C\[C@@H]2C[C@@]2(C(=O)NS(=O)(=O)C2CC2)CC(=O)[C@@H]2C[C@H](O)C[C@H]2C1=O. The van der Waals surface area contributed by atoms with Crippen LogP contribution in [0.5, 0.6) is 0 Å². The van der Waals surface area contributed by atoms with Gasteiger partial charge in [-0.1, -0.05) is 12.2 Å². The Morgan fingerprint density at radius 2 is 1.90 bits per heavy atom. The highest BCUT2D eigenvalue weighted by molar-refractivity contribution is 7.90. The van der Waals surface area contributed by atoms with Gasteiger partial charge in [0.15, 0.2) is 0 Å². The monoisotopic (exact) mass is 452 g/mol. The van der Waals surface area contributed by atoms with Gasteiger partial charge in [0.05, 0.1) is 22.7 Å². The number of hydrogen-bond acceptors (Lipinski definition) is 6. The summed E-state index contributed by atoms with van der Waals surface area (Å²) in [4.78, 5) is 40.9. The van der Waals surface area contributed by atoms with E-state index in [-0.39, 0.29) is 36.9 Å². The third-order valence-electron chi connectivity index (χ3n) is 7.40. The zero-order valence-corrected chi connectivity index (χ0v) is 18.8. The first-order valence-electron chi connectivity index (χ1n) is 11.3. The van der Waals surface area contributed by atoms with Gasteiger partial charge in [0.1, 0.15) is 5.78 Å². The Hall–Kier alpha value is -1.74. The normalized spacial score (nSPS) is 38.1. The number of nitrogens with zero attached hydrogens (tertiary/aromatic N) is 1. The smallest absolute Gasteiger partial charge is 0.240 e. The molecule has 1 aliphatic heterocycles. The third kappa shape index (κ3) is 4.58. The number of aliphatic hydroxyl groups excluding tert-OH is 1. The first kappa shape index (κ1) is 22.5. The van der Waals surface area contributed by atoms with E-state index in [2.05, 4.69) is 4.72 Å². The Morgan fingerprint density at radius 3 is 2.61 bits per heavy atom. The van der Waals surface area contributed by atoms with Crippen molar-refractivity contribution in [3.63, 3.8) is 0 Å². The summed E-state index contributed by atoms with van der Waals surface area (Å²) in [5, 5.41) is 9.67. The second-order valence-electron chi connectivity index (χ2n) is 9.81. The summed E-state index contributed by atoms with van der Waals surface area (Å²) in [5.74, 6) is -2.37. The lowest BCUT2D eigenvalue weighted by Crippen LogP contribution is -2.42. The quantitative estimate of drug-likeness (QED) is 0.620. The number of hydrogen-bond donors (Lipinski definition) is 2. The molecule has 0 aromatic heterocycles. The van der Waals surface area contributed by atoms with Crippen molar-refractivity contribution in [2.75, 3.05) is 13.6 Å². The fourth-order valence-electron chi connectivity index (χ4n) is 5.17. The summed E-state index contributed by atoms with van der Waals surface area (Å²) in [7, 11) is -1.98. The van der Waals surface area contributed by atoms with Crippen molar-refractivity contribution in [3.8, 4) is 0 Å². The van der Waals surface area contributed by atoms with E-state index in [4.69, 9.17) is 0 Å². The zero-order valence-electron chi connectivity index (χ0n) is 18.0. The van der Waals surface area contributed by atoms with E-state index in [1.165, 1.54) is 0 Å². The van der Waals surface area contributed by atoms with Gasteiger partial charge in [-0.25, -0.2) is 8.42 Å². The predicted octanol–water partition coefficient (Wildman–Crippen LogP) is 1.15. The Bertz CT molecular complexity index is 896. The number of Topliss-reactive ketones (excluding diaryl/α,β-unsaturated/α-hetero) is 1. The second-order valence-corrected chi connectivity index (χ2v) is 11.8. The lowest BCUT2D eigenvalue weighted by Gasteiger charge is -2.26. The van der Waals surface area contributed by atoms with Crippen LogP contribution in [0.25, 0.3) is 0 Å². The molecular formula is C22H32N2O6S. The number of amides is 2. The maximum atomic E-state index is 13.3. The van der Waals surface area contributed by atoms with E-state index in [0.29, 0.717) is 25.8 Å². The van der Waals surface area contributed by atoms with E-state index < -0.39 is 44.5 Å². The molecule has 4 rings (SSSR count). The van der Waals surface area contributed by atoms with Crippen molar-refractivity contribution in [1.29, 1.82) is 0 Å². The average molecular weight is 453 g/mol. The molecule has 1 heterocycles. The minimum Gasteiger partial charge on any atom is -0.393 e. The number of ketones is 1. The van der Waals surface area contributed by atoms with Gasteiger partial charge in [0, 0.05) is 25.9 Å². The highest BCUT2D eigenvalue weighted by atomic mass is 32.2. The van der Waals surface area contributed by atoms with Crippen LogP contribution in [0.2, 0.25) is 0 Å². The third-order valence-corrected chi connectivity index (χ3v) is 9.22. The molecule has 2 N–H and O–H groups in total. The molecule has 0 spiro atoms. The van der Waals surface area contributed by atoms with Gasteiger partial charge < -0.3 is 10.0 Å². The summed E-state index contributed by atoms with van der Waals surface area (Å²) in [6, 6.07) is 0. The summed E-state index contributed by atoms with van der Waals surface area (Å²) < 4.78 is 26.9. The molecule has 9 heteroatoms. The molecule has 4 aliphatic rings. The maximum Gasteiger partial charge on any atom is 0.240 e. The van der Waals surface area contributed by atoms with Crippen LogP contribution in [0.1, 0.15) is 57.8 Å². The summed E-state index contributed by atoms with van der Waals surface area (Å²) >= 11 is 0. The molecule has 0 radical (unpaired) electrons. The predicted molar refractivity (Wildman–Crippen MR) is 113 cm³/mol. The molecule has 3 aliphatic carbocycles. The fraction of sp³-hybridized carbons (Fsp3) is 0.773. The Kier molecular flexibility index (Phi) is 6.02. The van der Waals surface area contributed by atoms with Crippen LogP contribution in [0.4, 0.5) is 0 Å². The van der Waals surface area contributed by atoms with E-state index in [0.717, 1.165) is 19.3 Å². The van der Waals surface area contributed by atoms with Crippen LogP contribution in [-0.4, -0.2) is 61.0 Å². The lowest BCUT2D eigenvalue weighted by molar-refractivity contribution is -0.140. The van der Waals surface area contributed by atoms with Crippen LogP contribution in [0.15, 0.2) is 12.2 Å². The number of fused-ring (bicyclic) bond motifs is 2. The average Bonchev–Trinajstić information content (AvgIpc) is 3.61. The first-order valence-corrected chi connectivity index (χ1v) is 12.9. The molecule has 3 fully saturated rings. The van der Waals surface area contributed by atoms with E-state index in [1.54, 1.807) is 11.9 Å². The molecule has 3 saturated carbocycles. The van der Waals surface area contributed by atoms with Gasteiger partial charge >= 0.3 is 0 Å². The molecule has 0 aromatic carbocycles. The topological polar surface area (TPSA) is 121 Å². The number of carbonyl (C=O) groups excluding carboxylic acids is 3. The second kappa shape index (κ2) is 8.31. The molecule has 5 atom stereocenters. The molecule has 0 aromatic rings. The Balaban J connectivity index is 1.58. The number of rotatable bonds is 3. The number of allylic oxidation sites excluding steroid dienone is 2. The molecule has 172 valence electrons. The molecule has 2 amide bonds. The van der Waals surface area contributed by atoms with E-state index in [9.17, 15) is 27.9 Å². The molecule has 0 bridgehead atoms. The number of aliphatic hydroxyl groups is 1. The maximum absolute atomic E-state index is 13.3. The zero-order chi connectivity index (χ0) is 22.4. The van der Waals surface area contributed by atoms with Crippen LogP contribution in [0.3, 0.4) is 0 Å². The van der Waals surface area contributed by atoms with Gasteiger partial charge in [0.2, 0.25) is 21.8 Å². The van der Waals surface area contributed by atoms with Gasteiger partial charge in [-0.2, -0.15) is 0 Å². The number of sulfonamides is 1. The Morgan fingerprint density at radius 1 is 1.19 bits per heavy atom. The van der Waals surface area contributed by atoms with Gasteiger partial charge in [-0.05, 0) is 57.3 Å². The number of carbonyl (C=O) groups is 3. The molecular weight excluding hydrogens is 420 g/mol. The Labute approximate surface area is 183 Å². The van der Waals surface area contributed by atoms with Crippen LogP contribution < -0.4 is 4.72 Å². The lowest BCUT2D eigenvalue weighted by atomic mass is 9.84. The minimum atomic E-state index is -3.70.